The van der Waals surface area contributed by atoms with Gasteiger partial charge in [0.2, 0.25) is 5.95 Å². The number of aliphatic hydroxyl groups is 3. The van der Waals surface area contributed by atoms with E-state index in [1.165, 1.54) is 12.8 Å². The highest BCUT2D eigenvalue weighted by Crippen LogP contribution is 2.45. The first-order valence-corrected chi connectivity index (χ1v) is 14.1. The summed E-state index contributed by atoms with van der Waals surface area (Å²) in [6, 6.07) is 1.47. The average molecular weight is 527 g/mol. The van der Waals surface area contributed by atoms with Crippen LogP contribution in [-0.2, 0) is 0 Å². The van der Waals surface area contributed by atoms with Crippen molar-refractivity contribution in [2.75, 3.05) is 17.2 Å². The number of aryl methyl sites for hydroxylation is 2. The van der Waals surface area contributed by atoms with Crippen molar-refractivity contribution in [2.24, 2.45) is 11.3 Å². The summed E-state index contributed by atoms with van der Waals surface area (Å²) in [5.74, 6) is 0.651. The molecule has 200 valence electrons. The summed E-state index contributed by atoms with van der Waals surface area (Å²) in [6.45, 7) is 10.8. The van der Waals surface area contributed by atoms with Gasteiger partial charge >= 0.3 is 0 Å². The lowest BCUT2D eigenvalue weighted by atomic mass is 9.80. The maximum Gasteiger partial charge on any atom is 0.224 e. The van der Waals surface area contributed by atoms with Crippen LogP contribution < -0.4 is 10.6 Å². The smallest absolute Gasteiger partial charge is 0.224 e. The minimum Gasteiger partial charge on any atom is -0.390 e. The van der Waals surface area contributed by atoms with Crippen LogP contribution >= 0.6 is 11.3 Å². The Kier molecular flexibility index (Phi) is 6.89. The molecule has 0 spiro atoms. The van der Waals surface area contributed by atoms with Crippen molar-refractivity contribution in [3.8, 4) is 10.6 Å². The fourth-order valence-corrected chi connectivity index (χ4v) is 6.55. The van der Waals surface area contributed by atoms with Crippen molar-refractivity contribution < 1.29 is 15.3 Å². The van der Waals surface area contributed by atoms with E-state index in [1.54, 1.807) is 17.5 Å². The predicted molar refractivity (Wildman–Crippen MR) is 147 cm³/mol. The van der Waals surface area contributed by atoms with Crippen molar-refractivity contribution in [3.63, 3.8) is 0 Å². The van der Waals surface area contributed by atoms with Crippen LogP contribution in [0.1, 0.15) is 64.3 Å². The maximum atomic E-state index is 11.1. The molecule has 0 radical (unpaired) electrons. The van der Waals surface area contributed by atoms with E-state index in [0.29, 0.717) is 31.0 Å². The van der Waals surface area contributed by atoms with E-state index in [1.807, 2.05) is 33.8 Å². The first-order valence-electron chi connectivity index (χ1n) is 13.3. The third-order valence-corrected chi connectivity index (χ3v) is 9.53. The Hall–Kier alpha value is -2.40. The van der Waals surface area contributed by atoms with Crippen LogP contribution in [0.2, 0.25) is 0 Å². The molecule has 0 bridgehead atoms. The van der Waals surface area contributed by atoms with Gasteiger partial charge in [-0.15, -0.1) is 11.3 Å². The van der Waals surface area contributed by atoms with Gasteiger partial charge in [-0.2, -0.15) is 4.98 Å². The standard InChI is InChI=1S/C27H38N6O3S/c1-6-27(36,7-2)16-12-17(22(35)21(16)34)31-23-19(24-32-20-15(4)28-11-8-18(20)37-24)14(3)30-25(33-23)29-13-26(5)9-10-26/h8,11,16-17,21-22,34-36H,6-7,9-10,12-13H2,1-5H3,(H2,29,30,31,33)/t16-,17+,21+,22-/m0/s1. The monoisotopic (exact) mass is 526 g/mol. The molecule has 2 saturated carbocycles. The highest BCUT2D eigenvalue weighted by atomic mass is 32.1. The van der Waals surface area contributed by atoms with Gasteiger partial charge in [0.15, 0.2) is 0 Å². The highest BCUT2D eigenvalue weighted by Gasteiger charge is 2.50. The Morgan fingerprint density at radius 1 is 1.08 bits per heavy atom. The maximum absolute atomic E-state index is 11.1. The quantitative estimate of drug-likeness (QED) is 0.280. The molecule has 37 heavy (non-hydrogen) atoms. The molecule has 3 aromatic rings. The Morgan fingerprint density at radius 3 is 2.46 bits per heavy atom. The SMILES string of the molecule is CCC(O)(CC)[C@H]1C[C@@H](Nc2nc(NCC3(C)CC3)nc(C)c2-c2nc3c(C)nccc3s2)[C@H](O)[C@@H]1O. The van der Waals surface area contributed by atoms with E-state index < -0.39 is 29.8 Å². The number of hydrogen-bond donors (Lipinski definition) is 5. The molecule has 2 fully saturated rings. The fourth-order valence-electron chi connectivity index (χ4n) is 5.44. The second-order valence-electron chi connectivity index (χ2n) is 11.2. The zero-order chi connectivity index (χ0) is 26.5. The minimum atomic E-state index is -1.04. The zero-order valence-corrected chi connectivity index (χ0v) is 23.1. The van der Waals surface area contributed by atoms with Gasteiger partial charge in [0.05, 0.1) is 39.4 Å². The van der Waals surface area contributed by atoms with E-state index in [2.05, 4.69) is 22.5 Å². The first-order chi connectivity index (χ1) is 17.6. The lowest BCUT2D eigenvalue weighted by Crippen LogP contribution is -2.43. The minimum absolute atomic E-state index is 0.283. The number of hydrogen-bond acceptors (Lipinski definition) is 10. The van der Waals surface area contributed by atoms with Gasteiger partial charge in [0.1, 0.15) is 22.4 Å². The average Bonchev–Trinajstić information content (AvgIpc) is 3.34. The van der Waals surface area contributed by atoms with E-state index in [-0.39, 0.29) is 5.41 Å². The molecular weight excluding hydrogens is 488 g/mol. The zero-order valence-electron chi connectivity index (χ0n) is 22.2. The normalized spacial score (nSPS) is 25.0. The summed E-state index contributed by atoms with van der Waals surface area (Å²) in [5, 5.41) is 40.6. The van der Waals surface area contributed by atoms with Gasteiger partial charge in [-0.05, 0) is 57.4 Å². The van der Waals surface area contributed by atoms with Crippen LogP contribution in [0, 0.1) is 25.2 Å². The Balaban J connectivity index is 1.52. The lowest BCUT2D eigenvalue weighted by molar-refractivity contribution is -0.0843. The summed E-state index contributed by atoms with van der Waals surface area (Å²) in [7, 11) is 0. The number of anilines is 2. The number of nitrogens with one attached hydrogen (secondary N) is 2. The molecular formula is C27H38N6O3S. The molecule has 10 heteroatoms. The van der Waals surface area contributed by atoms with Crippen LogP contribution in [0.5, 0.6) is 0 Å². The highest BCUT2D eigenvalue weighted by molar-refractivity contribution is 7.21. The van der Waals surface area contributed by atoms with Crippen molar-refractivity contribution in [1.82, 2.24) is 19.9 Å². The number of aliphatic hydroxyl groups excluding tert-OH is 2. The molecule has 0 unspecified atom stereocenters. The van der Waals surface area contributed by atoms with E-state index in [4.69, 9.17) is 15.0 Å². The largest absolute Gasteiger partial charge is 0.390 e. The van der Waals surface area contributed by atoms with Gasteiger partial charge in [0.25, 0.3) is 0 Å². The number of rotatable bonds is 9. The van der Waals surface area contributed by atoms with Crippen molar-refractivity contribution >= 4 is 33.3 Å². The topological polar surface area (TPSA) is 136 Å². The summed E-state index contributed by atoms with van der Waals surface area (Å²) in [6.07, 6.45) is 3.53. The number of nitrogens with zero attached hydrogens (tertiary/aromatic N) is 4. The van der Waals surface area contributed by atoms with E-state index in [9.17, 15) is 15.3 Å². The fraction of sp³-hybridized carbons (Fsp3) is 0.630. The van der Waals surface area contributed by atoms with Gasteiger partial charge in [-0.3, -0.25) is 4.98 Å². The summed E-state index contributed by atoms with van der Waals surface area (Å²) >= 11 is 1.55. The molecule has 2 aliphatic rings. The molecule has 0 aliphatic heterocycles. The van der Waals surface area contributed by atoms with E-state index >= 15 is 0 Å². The molecule has 9 nitrogen and oxygen atoms in total. The molecule has 3 aromatic heterocycles. The molecule has 5 rings (SSSR count). The van der Waals surface area contributed by atoms with Crippen LogP contribution in [0.25, 0.3) is 20.8 Å². The van der Waals surface area contributed by atoms with Gasteiger partial charge in [0, 0.05) is 18.7 Å². The Morgan fingerprint density at radius 2 is 1.81 bits per heavy atom. The lowest BCUT2D eigenvalue weighted by Gasteiger charge is -2.34. The molecule has 0 amide bonds. The number of thiazole rings is 1. The van der Waals surface area contributed by atoms with Gasteiger partial charge in [-0.1, -0.05) is 20.8 Å². The van der Waals surface area contributed by atoms with Crippen LogP contribution in [0.4, 0.5) is 11.8 Å². The Bertz CT molecular complexity index is 1290. The molecule has 0 saturated heterocycles. The van der Waals surface area contributed by atoms with Crippen molar-refractivity contribution in [2.45, 2.75) is 90.6 Å². The molecule has 0 aromatic carbocycles. The summed E-state index contributed by atoms with van der Waals surface area (Å²) < 4.78 is 1.03. The molecule has 3 heterocycles. The molecule has 2 aliphatic carbocycles. The third-order valence-electron chi connectivity index (χ3n) is 8.49. The van der Waals surface area contributed by atoms with Gasteiger partial charge < -0.3 is 26.0 Å². The van der Waals surface area contributed by atoms with Crippen LogP contribution in [-0.4, -0.2) is 65.7 Å². The predicted octanol–water partition coefficient (Wildman–Crippen LogP) is 4.05. The summed E-state index contributed by atoms with van der Waals surface area (Å²) in [5.41, 5.74) is 2.50. The number of fused-ring (bicyclic) bond motifs is 1. The summed E-state index contributed by atoms with van der Waals surface area (Å²) in [4.78, 5) is 18.9. The van der Waals surface area contributed by atoms with Gasteiger partial charge in [-0.25, -0.2) is 9.97 Å². The van der Waals surface area contributed by atoms with E-state index in [0.717, 1.165) is 38.7 Å². The molecule has 4 atom stereocenters. The van der Waals surface area contributed by atoms with Crippen molar-refractivity contribution in [1.29, 1.82) is 0 Å². The number of pyridine rings is 1. The van der Waals surface area contributed by atoms with Crippen LogP contribution in [0.15, 0.2) is 12.3 Å². The Labute approximate surface area is 221 Å². The number of aromatic nitrogens is 4. The van der Waals surface area contributed by atoms with Crippen molar-refractivity contribution in [3.05, 3.63) is 23.7 Å². The first kappa shape index (κ1) is 26.2. The second-order valence-corrected chi connectivity index (χ2v) is 12.2. The molecule has 5 N–H and O–H groups in total. The van der Waals surface area contributed by atoms with Crippen LogP contribution in [0.3, 0.4) is 0 Å². The second kappa shape index (κ2) is 9.72. The third kappa shape index (κ3) is 4.92.